The SMILES string of the molecule is CC[C@H](C)[C@@H]([C@@H](CC(=O)N1CCC[C@H]1[C@H](OC)[C@@H](C)C(=O)N[C@@H](Cc1ccccc1)C(=O)OC)OC)N(C)C(=O)[C@@H](NC(=O)[C@](C)(N)CC)C(C)C. The normalized spacial score (nSPS) is 19.7. The summed E-state index contributed by atoms with van der Waals surface area (Å²) in [5, 5.41) is 5.73. The number of rotatable bonds is 20. The summed E-state index contributed by atoms with van der Waals surface area (Å²) in [4.78, 5) is 70.8. The summed E-state index contributed by atoms with van der Waals surface area (Å²) in [6.45, 7) is 13.4. The average Bonchev–Trinajstić information content (AvgIpc) is 3.62. The molecular formula is C39H65N5O8. The molecule has 13 heteroatoms. The Balaban J connectivity index is 2.28. The van der Waals surface area contributed by atoms with Crippen LogP contribution in [0.3, 0.4) is 0 Å². The van der Waals surface area contributed by atoms with Crippen LogP contribution in [-0.4, -0.2) is 116 Å². The minimum atomic E-state index is -1.13. The zero-order valence-electron chi connectivity index (χ0n) is 33.3. The Morgan fingerprint density at radius 2 is 1.63 bits per heavy atom. The molecule has 52 heavy (non-hydrogen) atoms. The number of carbonyl (C=O) groups is 5. The second-order valence-electron chi connectivity index (χ2n) is 14.8. The van der Waals surface area contributed by atoms with Crippen molar-refractivity contribution in [2.75, 3.05) is 34.9 Å². The average molecular weight is 732 g/mol. The van der Waals surface area contributed by atoms with E-state index in [1.807, 2.05) is 65.0 Å². The molecule has 4 amide bonds. The van der Waals surface area contributed by atoms with Crippen LogP contribution in [-0.2, 0) is 44.6 Å². The Bertz CT molecular complexity index is 1320. The predicted molar refractivity (Wildman–Crippen MR) is 200 cm³/mol. The fourth-order valence-electron chi connectivity index (χ4n) is 6.99. The second-order valence-corrected chi connectivity index (χ2v) is 14.8. The van der Waals surface area contributed by atoms with Gasteiger partial charge in [0.1, 0.15) is 12.1 Å². The number of likely N-dealkylation sites (N-methyl/N-ethyl adjacent to an activating group) is 1. The molecule has 0 saturated carbocycles. The molecule has 0 radical (unpaired) electrons. The van der Waals surface area contributed by atoms with Crippen LogP contribution >= 0.6 is 0 Å². The number of nitrogens with one attached hydrogen (secondary N) is 2. The number of nitrogens with two attached hydrogens (primary N) is 1. The quantitative estimate of drug-likeness (QED) is 0.171. The Labute approximate surface area is 311 Å². The fraction of sp³-hybridized carbons (Fsp3) is 0.718. The van der Waals surface area contributed by atoms with Crippen LogP contribution in [0.5, 0.6) is 0 Å². The van der Waals surface area contributed by atoms with Gasteiger partial charge in [-0.1, -0.05) is 78.3 Å². The minimum Gasteiger partial charge on any atom is -0.467 e. The number of amides is 4. The van der Waals surface area contributed by atoms with Crippen molar-refractivity contribution in [3.8, 4) is 0 Å². The molecule has 1 aromatic carbocycles. The van der Waals surface area contributed by atoms with Crippen molar-refractivity contribution in [1.29, 1.82) is 0 Å². The summed E-state index contributed by atoms with van der Waals surface area (Å²) >= 11 is 0. The van der Waals surface area contributed by atoms with Gasteiger partial charge >= 0.3 is 5.97 Å². The Morgan fingerprint density at radius 1 is 1.00 bits per heavy atom. The van der Waals surface area contributed by atoms with Gasteiger partial charge in [-0.2, -0.15) is 0 Å². The number of ether oxygens (including phenoxy) is 3. The first-order valence-corrected chi connectivity index (χ1v) is 18.6. The summed E-state index contributed by atoms with van der Waals surface area (Å²) in [6.07, 6.45) is 1.43. The van der Waals surface area contributed by atoms with Crippen LogP contribution < -0.4 is 16.4 Å². The second kappa shape index (κ2) is 20.6. The molecule has 2 rings (SSSR count). The van der Waals surface area contributed by atoms with E-state index in [9.17, 15) is 24.0 Å². The van der Waals surface area contributed by atoms with Crippen molar-refractivity contribution in [2.24, 2.45) is 23.5 Å². The third-order valence-electron chi connectivity index (χ3n) is 10.8. The minimum absolute atomic E-state index is 0.00641. The number of hydrogen-bond donors (Lipinski definition) is 3. The highest BCUT2D eigenvalue weighted by atomic mass is 16.5. The molecule has 0 aliphatic carbocycles. The van der Waals surface area contributed by atoms with E-state index in [4.69, 9.17) is 19.9 Å². The van der Waals surface area contributed by atoms with Crippen molar-refractivity contribution in [3.05, 3.63) is 35.9 Å². The summed E-state index contributed by atoms with van der Waals surface area (Å²) in [5.41, 5.74) is 5.94. The maximum absolute atomic E-state index is 14.1. The van der Waals surface area contributed by atoms with Crippen molar-refractivity contribution < 1.29 is 38.2 Å². The van der Waals surface area contributed by atoms with Gasteiger partial charge in [-0.3, -0.25) is 19.2 Å². The number of benzene rings is 1. The van der Waals surface area contributed by atoms with Gasteiger partial charge in [0.2, 0.25) is 23.6 Å². The van der Waals surface area contributed by atoms with Crippen molar-refractivity contribution in [1.82, 2.24) is 20.4 Å². The van der Waals surface area contributed by atoms with Crippen LogP contribution in [0.15, 0.2) is 30.3 Å². The van der Waals surface area contributed by atoms with Gasteiger partial charge in [-0.15, -0.1) is 0 Å². The Morgan fingerprint density at radius 3 is 2.15 bits per heavy atom. The predicted octanol–water partition coefficient (Wildman–Crippen LogP) is 3.08. The number of carbonyl (C=O) groups excluding carboxylic acids is 5. The molecule has 4 N–H and O–H groups in total. The summed E-state index contributed by atoms with van der Waals surface area (Å²) in [7, 11) is 6.03. The monoisotopic (exact) mass is 731 g/mol. The van der Waals surface area contributed by atoms with Gasteiger partial charge in [0.25, 0.3) is 0 Å². The van der Waals surface area contributed by atoms with Gasteiger partial charge in [-0.25, -0.2) is 4.79 Å². The molecule has 1 aliphatic heterocycles. The number of nitrogens with zero attached hydrogens (tertiary/aromatic N) is 2. The van der Waals surface area contributed by atoms with Crippen molar-refractivity contribution in [2.45, 2.75) is 129 Å². The van der Waals surface area contributed by atoms with Crippen LogP contribution in [0.4, 0.5) is 0 Å². The number of methoxy groups -OCH3 is 3. The van der Waals surface area contributed by atoms with E-state index in [1.54, 1.807) is 30.7 Å². The molecule has 1 fully saturated rings. The molecule has 1 aliphatic rings. The van der Waals surface area contributed by atoms with E-state index in [-0.39, 0.29) is 42.4 Å². The molecule has 1 heterocycles. The van der Waals surface area contributed by atoms with Crippen LogP contribution in [0.25, 0.3) is 0 Å². The molecule has 294 valence electrons. The van der Waals surface area contributed by atoms with Gasteiger partial charge in [0.05, 0.1) is 49.3 Å². The van der Waals surface area contributed by atoms with Crippen LogP contribution in [0, 0.1) is 17.8 Å². The highest BCUT2D eigenvalue weighted by Gasteiger charge is 2.43. The van der Waals surface area contributed by atoms with Gasteiger partial charge in [-0.05, 0) is 43.6 Å². The third kappa shape index (κ3) is 11.5. The Hall–Kier alpha value is -3.55. The molecule has 0 bridgehead atoms. The first-order valence-electron chi connectivity index (χ1n) is 18.6. The fourth-order valence-corrected chi connectivity index (χ4v) is 6.99. The molecule has 1 aromatic rings. The van der Waals surface area contributed by atoms with Gasteiger partial charge < -0.3 is 40.4 Å². The third-order valence-corrected chi connectivity index (χ3v) is 10.8. The smallest absolute Gasteiger partial charge is 0.328 e. The standard InChI is InChI=1S/C39H65N5O8/c1-12-25(5)33(43(8)36(47)32(24(3)4)42-38(49)39(7,40)13-2)30(50-9)23-31(45)44-21-17-20-29(44)34(51-10)26(6)35(46)41-28(37(48)52-11)22-27-18-15-14-16-19-27/h14-16,18-19,24-26,28-30,32-34H,12-13,17,20-23,40H2,1-11H3,(H,41,46)(H,42,49)/t25-,26+,28-,29-,30+,32-,33-,34+,39+/m0/s1. The first kappa shape index (κ1) is 44.6. The first-order chi connectivity index (χ1) is 24.5. The van der Waals surface area contributed by atoms with E-state index in [0.717, 1.165) is 12.0 Å². The zero-order valence-corrected chi connectivity index (χ0v) is 33.3. The van der Waals surface area contributed by atoms with Crippen molar-refractivity contribution in [3.63, 3.8) is 0 Å². The largest absolute Gasteiger partial charge is 0.467 e. The van der Waals surface area contributed by atoms with Crippen LogP contribution in [0.1, 0.15) is 86.1 Å². The molecule has 1 saturated heterocycles. The molecule has 0 unspecified atom stereocenters. The molecular weight excluding hydrogens is 666 g/mol. The lowest BCUT2D eigenvalue weighted by Crippen LogP contribution is -2.61. The lowest BCUT2D eigenvalue weighted by molar-refractivity contribution is -0.149. The number of hydrogen-bond acceptors (Lipinski definition) is 9. The number of likely N-dealkylation sites (tertiary alicyclic amines) is 1. The topological polar surface area (TPSA) is 170 Å². The van der Waals surface area contributed by atoms with Gasteiger partial charge in [0.15, 0.2) is 0 Å². The molecule has 0 aromatic heterocycles. The zero-order chi connectivity index (χ0) is 39.3. The Kier molecular flexibility index (Phi) is 17.7. The summed E-state index contributed by atoms with van der Waals surface area (Å²) in [5.74, 6) is -2.77. The van der Waals surface area contributed by atoms with E-state index in [0.29, 0.717) is 25.8 Å². The highest BCUT2D eigenvalue weighted by Crippen LogP contribution is 2.30. The van der Waals surface area contributed by atoms with Crippen LogP contribution in [0.2, 0.25) is 0 Å². The number of esters is 1. The summed E-state index contributed by atoms with van der Waals surface area (Å²) < 4.78 is 16.9. The van der Waals surface area contributed by atoms with E-state index in [2.05, 4.69) is 10.6 Å². The molecule has 0 spiro atoms. The highest BCUT2D eigenvalue weighted by molar-refractivity contribution is 5.92. The van der Waals surface area contributed by atoms with E-state index >= 15 is 0 Å². The van der Waals surface area contributed by atoms with E-state index in [1.165, 1.54) is 21.3 Å². The maximum Gasteiger partial charge on any atom is 0.328 e. The molecule has 9 atom stereocenters. The maximum atomic E-state index is 14.1. The lowest BCUT2D eigenvalue weighted by Gasteiger charge is -2.41. The lowest BCUT2D eigenvalue weighted by atomic mass is 9.89. The molecule has 13 nitrogen and oxygen atoms in total. The van der Waals surface area contributed by atoms with E-state index < -0.39 is 59.7 Å². The van der Waals surface area contributed by atoms with Gasteiger partial charge in [0, 0.05) is 34.2 Å². The van der Waals surface area contributed by atoms with Crippen molar-refractivity contribution >= 4 is 29.6 Å². The summed E-state index contributed by atoms with van der Waals surface area (Å²) in [6, 6.07) is 6.76.